The average Bonchev–Trinajstić information content (AvgIpc) is 2.90. The summed E-state index contributed by atoms with van der Waals surface area (Å²) in [6.45, 7) is 4.49. The summed E-state index contributed by atoms with van der Waals surface area (Å²) >= 11 is 3.18. The van der Waals surface area contributed by atoms with Crippen LogP contribution in [0.15, 0.2) is 15.6 Å². The van der Waals surface area contributed by atoms with Gasteiger partial charge in [-0.15, -0.1) is 0 Å². The predicted octanol–water partition coefficient (Wildman–Crippen LogP) is 2.15. The Hall–Kier alpha value is -0.950. The van der Waals surface area contributed by atoms with Crippen molar-refractivity contribution < 1.29 is 9.32 Å². The molecule has 0 aromatic carbocycles. The van der Waals surface area contributed by atoms with Crippen LogP contribution in [0, 0.1) is 6.92 Å². The lowest BCUT2D eigenvalue weighted by Crippen LogP contribution is -2.23. The Kier molecular flexibility index (Phi) is 4.11. The van der Waals surface area contributed by atoms with Gasteiger partial charge in [0.1, 0.15) is 10.1 Å². The Morgan fingerprint density at radius 3 is 3.12 bits per heavy atom. The van der Waals surface area contributed by atoms with Crippen LogP contribution < -0.4 is 5.32 Å². The van der Waals surface area contributed by atoms with Crippen LogP contribution in [0.2, 0.25) is 0 Å². The minimum absolute atomic E-state index is 0.0847. The lowest BCUT2D eigenvalue weighted by atomic mass is 10.4. The molecule has 0 saturated heterocycles. The van der Waals surface area contributed by atoms with Crippen molar-refractivity contribution in [3.8, 4) is 0 Å². The molecule has 0 radical (unpaired) electrons. The van der Waals surface area contributed by atoms with Crippen LogP contribution in [0.1, 0.15) is 12.7 Å². The Morgan fingerprint density at radius 2 is 2.53 bits per heavy atom. The van der Waals surface area contributed by atoms with Crippen LogP contribution in [0.4, 0.5) is 5.82 Å². The van der Waals surface area contributed by atoms with Gasteiger partial charge < -0.3 is 9.84 Å². The van der Waals surface area contributed by atoms with Gasteiger partial charge in [-0.05, 0) is 13.8 Å². The third-order valence-electron chi connectivity index (χ3n) is 2.08. The number of carbonyl (C=O) groups is 1. The van der Waals surface area contributed by atoms with Crippen molar-refractivity contribution in [1.82, 2.24) is 5.16 Å². The highest BCUT2D eigenvalue weighted by molar-refractivity contribution is 8.39. The average molecular weight is 271 g/mol. The molecule has 17 heavy (non-hydrogen) atoms. The van der Waals surface area contributed by atoms with Gasteiger partial charge in [-0.1, -0.05) is 28.7 Å². The van der Waals surface area contributed by atoms with Gasteiger partial charge in [0.25, 0.3) is 0 Å². The number of aliphatic imine (C=N–C) groups is 1. The maximum atomic E-state index is 11.8. The SMILES string of the molecule is Cc1cc(NC(=O)C(C)SC2=NCCS2)no1. The molecular formula is C10H13N3O2S2. The first kappa shape index (κ1) is 12.5. The van der Waals surface area contributed by atoms with E-state index in [4.69, 9.17) is 4.52 Å². The minimum atomic E-state index is -0.184. The summed E-state index contributed by atoms with van der Waals surface area (Å²) in [7, 11) is 0. The number of hydrogen-bond donors (Lipinski definition) is 1. The van der Waals surface area contributed by atoms with E-state index < -0.39 is 0 Å². The summed E-state index contributed by atoms with van der Waals surface area (Å²) in [4.78, 5) is 16.1. The van der Waals surface area contributed by atoms with Crippen LogP contribution in [-0.2, 0) is 4.79 Å². The van der Waals surface area contributed by atoms with Gasteiger partial charge in [0.05, 0.1) is 11.8 Å². The lowest BCUT2D eigenvalue weighted by molar-refractivity contribution is -0.115. The van der Waals surface area contributed by atoms with Crippen molar-refractivity contribution in [3.63, 3.8) is 0 Å². The molecule has 7 heteroatoms. The Labute approximate surface area is 108 Å². The highest BCUT2D eigenvalue weighted by Gasteiger charge is 2.19. The van der Waals surface area contributed by atoms with Gasteiger partial charge in [-0.3, -0.25) is 9.79 Å². The van der Waals surface area contributed by atoms with Crippen molar-refractivity contribution >= 4 is 39.6 Å². The van der Waals surface area contributed by atoms with Crippen LogP contribution in [0.5, 0.6) is 0 Å². The third-order valence-corrected chi connectivity index (χ3v) is 4.39. The summed E-state index contributed by atoms with van der Waals surface area (Å²) in [5, 5.41) is 6.24. The quantitative estimate of drug-likeness (QED) is 0.912. The van der Waals surface area contributed by atoms with E-state index in [-0.39, 0.29) is 11.2 Å². The number of amides is 1. The predicted molar refractivity (Wildman–Crippen MR) is 71.7 cm³/mol. The molecule has 2 heterocycles. The second kappa shape index (κ2) is 5.59. The smallest absolute Gasteiger partial charge is 0.238 e. The summed E-state index contributed by atoms with van der Waals surface area (Å²) in [6.07, 6.45) is 0. The molecule has 1 aliphatic rings. The molecule has 1 unspecified atom stereocenters. The molecule has 0 fully saturated rings. The molecular weight excluding hydrogens is 258 g/mol. The molecule has 2 rings (SSSR count). The zero-order chi connectivity index (χ0) is 12.3. The van der Waals surface area contributed by atoms with Crippen molar-refractivity contribution in [2.75, 3.05) is 17.6 Å². The van der Waals surface area contributed by atoms with Gasteiger partial charge in [-0.25, -0.2) is 0 Å². The van der Waals surface area contributed by atoms with Crippen LogP contribution in [0.3, 0.4) is 0 Å². The number of anilines is 1. The summed E-state index contributed by atoms with van der Waals surface area (Å²) < 4.78 is 5.87. The molecule has 92 valence electrons. The van der Waals surface area contributed by atoms with Crippen molar-refractivity contribution in [1.29, 1.82) is 0 Å². The standard InChI is InChI=1S/C10H13N3O2S2/c1-6-5-8(13-15-6)12-9(14)7(2)17-10-11-3-4-16-10/h5,7H,3-4H2,1-2H3,(H,12,13,14). The number of carbonyl (C=O) groups excluding carboxylic acids is 1. The van der Waals surface area contributed by atoms with Gasteiger partial charge >= 0.3 is 0 Å². The van der Waals surface area contributed by atoms with E-state index >= 15 is 0 Å². The third kappa shape index (κ3) is 3.50. The van der Waals surface area contributed by atoms with Crippen molar-refractivity contribution in [3.05, 3.63) is 11.8 Å². The fourth-order valence-corrected chi connectivity index (χ4v) is 3.37. The van der Waals surface area contributed by atoms with E-state index in [1.165, 1.54) is 11.8 Å². The van der Waals surface area contributed by atoms with Gasteiger partial charge in [-0.2, -0.15) is 0 Å². The summed E-state index contributed by atoms with van der Waals surface area (Å²) in [5.74, 6) is 2.06. The molecule has 5 nitrogen and oxygen atoms in total. The number of aryl methyl sites for hydroxylation is 1. The fraction of sp³-hybridized carbons (Fsp3) is 0.500. The second-order valence-corrected chi connectivity index (χ2v) is 6.24. The number of hydrogen-bond acceptors (Lipinski definition) is 6. The number of nitrogens with zero attached hydrogens (tertiary/aromatic N) is 2. The molecule has 1 aromatic heterocycles. The molecule has 1 aliphatic heterocycles. The largest absolute Gasteiger partial charge is 0.360 e. The highest BCUT2D eigenvalue weighted by atomic mass is 32.2. The number of nitrogens with one attached hydrogen (secondary N) is 1. The molecule has 0 bridgehead atoms. The normalized spacial score (nSPS) is 16.7. The Balaban J connectivity index is 1.86. The second-order valence-electron chi connectivity index (χ2n) is 3.57. The topological polar surface area (TPSA) is 67.5 Å². The zero-order valence-electron chi connectivity index (χ0n) is 9.60. The van der Waals surface area contributed by atoms with Crippen LogP contribution in [-0.4, -0.2) is 33.0 Å². The lowest BCUT2D eigenvalue weighted by Gasteiger charge is -2.09. The number of thioether (sulfide) groups is 2. The zero-order valence-corrected chi connectivity index (χ0v) is 11.2. The van der Waals surface area contributed by atoms with E-state index in [0.29, 0.717) is 11.6 Å². The van der Waals surface area contributed by atoms with Crippen molar-refractivity contribution in [2.24, 2.45) is 4.99 Å². The molecule has 0 aliphatic carbocycles. The van der Waals surface area contributed by atoms with Crippen LogP contribution in [0.25, 0.3) is 0 Å². The molecule has 1 N–H and O–H groups in total. The fourth-order valence-electron chi connectivity index (χ4n) is 1.24. The summed E-state index contributed by atoms with van der Waals surface area (Å²) in [6, 6.07) is 1.69. The number of rotatable bonds is 3. The van der Waals surface area contributed by atoms with Gasteiger partial charge in [0.15, 0.2) is 5.82 Å². The molecule has 0 saturated carbocycles. The highest BCUT2D eigenvalue weighted by Crippen LogP contribution is 2.26. The minimum Gasteiger partial charge on any atom is -0.360 e. The number of aromatic nitrogens is 1. The molecule has 1 aromatic rings. The molecule has 1 amide bonds. The van der Waals surface area contributed by atoms with Gasteiger partial charge in [0.2, 0.25) is 5.91 Å². The van der Waals surface area contributed by atoms with E-state index in [1.54, 1.807) is 24.8 Å². The van der Waals surface area contributed by atoms with Gasteiger partial charge in [0, 0.05) is 11.8 Å². The monoisotopic (exact) mass is 271 g/mol. The summed E-state index contributed by atoms with van der Waals surface area (Å²) in [5.41, 5.74) is 0. The first-order valence-corrected chi connectivity index (χ1v) is 7.10. The molecule has 0 spiro atoms. The first-order valence-electron chi connectivity index (χ1n) is 5.23. The van der Waals surface area contributed by atoms with E-state index in [9.17, 15) is 4.79 Å². The Bertz CT molecular complexity index is 445. The van der Waals surface area contributed by atoms with Crippen molar-refractivity contribution in [2.45, 2.75) is 19.1 Å². The van der Waals surface area contributed by atoms with E-state index in [1.807, 2.05) is 6.92 Å². The molecule has 1 atom stereocenters. The Morgan fingerprint density at radius 1 is 1.71 bits per heavy atom. The maximum absolute atomic E-state index is 11.8. The first-order chi connectivity index (χ1) is 8.15. The van der Waals surface area contributed by atoms with Crippen LogP contribution >= 0.6 is 23.5 Å². The van der Waals surface area contributed by atoms with E-state index in [2.05, 4.69) is 15.5 Å². The van der Waals surface area contributed by atoms with E-state index in [0.717, 1.165) is 16.7 Å². The maximum Gasteiger partial charge on any atom is 0.238 e.